The summed E-state index contributed by atoms with van der Waals surface area (Å²) in [5, 5.41) is 4.08. The number of halogens is 2. The molecular formula is C16H23ClFN. The van der Waals surface area contributed by atoms with Crippen molar-refractivity contribution in [3.63, 3.8) is 0 Å². The van der Waals surface area contributed by atoms with Gasteiger partial charge in [-0.3, -0.25) is 0 Å². The topological polar surface area (TPSA) is 12.0 Å². The third-order valence-corrected chi connectivity index (χ3v) is 4.75. The Bertz CT molecular complexity index is 401. The van der Waals surface area contributed by atoms with Crippen molar-refractivity contribution in [1.29, 1.82) is 0 Å². The molecule has 1 saturated carbocycles. The Morgan fingerprint density at radius 3 is 2.79 bits per heavy atom. The number of likely N-dealkylation sites (N-methyl/N-ethyl adjacent to an activating group) is 1. The largest absolute Gasteiger partial charge is 0.314 e. The van der Waals surface area contributed by atoms with Gasteiger partial charge in [0.1, 0.15) is 5.82 Å². The average molecular weight is 284 g/mol. The number of rotatable bonds is 5. The molecule has 0 saturated heterocycles. The maximum absolute atomic E-state index is 13.9. The fourth-order valence-electron chi connectivity index (χ4n) is 3.36. The zero-order valence-electron chi connectivity index (χ0n) is 11.8. The highest BCUT2D eigenvalue weighted by Crippen LogP contribution is 2.35. The van der Waals surface area contributed by atoms with E-state index in [0.29, 0.717) is 29.0 Å². The van der Waals surface area contributed by atoms with E-state index >= 15 is 0 Å². The van der Waals surface area contributed by atoms with E-state index in [2.05, 4.69) is 19.2 Å². The number of hydrogen-bond donors (Lipinski definition) is 1. The summed E-state index contributed by atoms with van der Waals surface area (Å²) in [7, 11) is 0. The van der Waals surface area contributed by atoms with Gasteiger partial charge in [-0.15, -0.1) is 0 Å². The second kappa shape index (κ2) is 6.71. The number of benzene rings is 1. The van der Waals surface area contributed by atoms with Gasteiger partial charge in [0.2, 0.25) is 0 Å². The SMILES string of the molecule is CCNC(Cc1c(F)cccc1Cl)C1CCCC1C. The highest BCUT2D eigenvalue weighted by atomic mass is 35.5. The summed E-state index contributed by atoms with van der Waals surface area (Å²) in [6.45, 7) is 5.33. The molecule has 106 valence electrons. The van der Waals surface area contributed by atoms with Crippen LogP contribution < -0.4 is 5.32 Å². The van der Waals surface area contributed by atoms with Crippen molar-refractivity contribution in [2.75, 3.05) is 6.54 Å². The van der Waals surface area contributed by atoms with Crippen LogP contribution in [0.3, 0.4) is 0 Å². The molecule has 1 nitrogen and oxygen atoms in total. The van der Waals surface area contributed by atoms with Crippen LogP contribution >= 0.6 is 11.6 Å². The lowest BCUT2D eigenvalue weighted by atomic mass is 9.86. The molecule has 3 unspecified atom stereocenters. The minimum atomic E-state index is -0.180. The molecule has 0 heterocycles. The molecule has 0 amide bonds. The summed E-state index contributed by atoms with van der Waals surface area (Å²) in [6, 6.07) is 5.28. The quantitative estimate of drug-likeness (QED) is 0.843. The van der Waals surface area contributed by atoms with Crippen LogP contribution in [0.25, 0.3) is 0 Å². The lowest BCUT2D eigenvalue weighted by Crippen LogP contribution is -2.39. The first-order valence-corrected chi connectivity index (χ1v) is 7.67. The minimum Gasteiger partial charge on any atom is -0.314 e. The van der Waals surface area contributed by atoms with Crippen LogP contribution in [0.2, 0.25) is 5.02 Å². The van der Waals surface area contributed by atoms with Crippen molar-refractivity contribution in [1.82, 2.24) is 5.32 Å². The molecule has 1 N–H and O–H groups in total. The van der Waals surface area contributed by atoms with Crippen LogP contribution in [0.1, 0.15) is 38.7 Å². The van der Waals surface area contributed by atoms with Gasteiger partial charge in [0, 0.05) is 16.6 Å². The molecule has 1 aromatic rings. The van der Waals surface area contributed by atoms with Crippen LogP contribution in [0.5, 0.6) is 0 Å². The molecule has 0 bridgehead atoms. The lowest BCUT2D eigenvalue weighted by Gasteiger charge is -2.28. The molecule has 0 radical (unpaired) electrons. The summed E-state index contributed by atoms with van der Waals surface area (Å²) in [5.41, 5.74) is 0.661. The van der Waals surface area contributed by atoms with Crippen LogP contribution in [0.4, 0.5) is 4.39 Å². The van der Waals surface area contributed by atoms with Crippen molar-refractivity contribution < 1.29 is 4.39 Å². The molecule has 1 aromatic carbocycles. The third-order valence-electron chi connectivity index (χ3n) is 4.40. The standard InChI is InChI=1S/C16H23ClFN/c1-3-19-16(12-7-4-6-11(12)2)10-13-14(17)8-5-9-15(13)18/h5,8-9,11-12,16,19H,3-4,6-7,10H2,1-2H3. The van der Waals surface area contributed by atoms with Crippen molar-refractivity contribution in [3.05, 3.63) is 34.6 Å². The summed E-state index contributed by atoms with van der Waals surface area (Å²) >= 11 is 6.15. The zero-order chi connectivity index (χ0) is 13.8. The molecule has 3 atom stereocenters. The molecule has 1 aliphatic carbocycles. The average Bonchev–Trinajstić information content (AvgIpc) is 2.79. The first-order chi connectivity index (χ1) is 9.13. The van der Waals surface area contributed by atoms with Crippen molar-refractivity contribution in [2.45, 2.75) is 45.6 Å². The van der Waals surface area contributed by atoms with Gasteiger partial charge in [0.25, 0.3) is 0 Å². The van der Waals surface area contributed by atoms with Crippen molar-refractivity contribution in [3.8, 4) is 0 Å². The normalized spacial score (nSPS) is 24.6. The molecule has 1 fully saturated rings. The summed E-state index contributed by atoms with van der Waals surface area (Å²) in [5.74, 6) is 1.17. The van der Waals surface area contributed by atoms with Gasteiger partial charge in [-0.25, -0.2) is 4.39 Å². The van der Waals surface area contributed by atoms with Gasteiger partial charge in [-0.05, 0) is 43.4 Å². The van der Waals surface area contributed by atoms with E-state index in [1.807, 2.05) is 0 Å². The summed E-state index contributed by atoms with van der Waals surface area (Å²) < 4.78 is 13.9. The second-order valence-corrected chi connectivity index (χ2v) is 6.05. The van der Waals surface area contributed by atoms with Gasteiger partial charge in [-0.2, -0.15) is 0 Å². The smallest absolute Gasteiger partial charge is 0.127 e. The molecule has 1 aliphatic rings. The van der Waals surface area contributed by atoms with Crippen LogP contribution in [0, 0.1) is 17.7 Å². The molecular weight excluding hydrogens is 261 g/mol. The Morgan fingerprint density at radius 2 is 2.21 bits per heavy atom. The van der Waals surface area contributed by atoms with Gasteiger partial charge >= 0.3 is 0 Å². The van der Waals surface area contributed by atoms with Crippen molar-refractivity contribution >= 4 is 11.6 Å². The zero-order valence-corrected chi connectivity index (χ0v) is 12.5. The van der Waals surface area contributed by atoms with E-state index in [9.17, 15) is 4.39 Å². The molecule has 19 heavy (non-hydrogen) atoms. The number of nitrogens with one attached hydrogen (secondary N) is 1. The Kier molecular flexibility index (Phi) is 5.23. The monoisotopic (exact) mass is 283 g/mol. The van der Waals surface area contributed by atoms with E-state index in [0.717, 1.165) is 12.5 Å². The second-order valence-electron chi connectivity index (χ2n) is 5.64. The number of hydrogen-bond acceptors (Lipinski definition) is 1. The third kappa shape index (κ3) is 3.49. The minimum absolute atomic E-state index is 0.180. The van der Waals surface area contributed by atoms with Gasteiger partial charge in [0.05, 0.1) is 0 Å². The maximum atomic E-state index is 13.9. The lowest BCUT2D eigenvalue weighted by molar-refractivity contribution is 0.297. The van der Waals surface area contributed by atoms with E-state index < -0.39 is 0 Å². The van der Waals surface area contributed by atoms with E-state index in [4.69, 9.17) is 11.6 Å². The van der Waals surface area contributed by atoms with E-state index in [1.165, 1.54) is 25.3 Å². The highest BCUT2D eigenvalue weighted by Gasteiger charge is 2.31. The highest BCUT2D eigenvalue weighted by molar-refractivity contribution is 6.31. The predicted octanol–water partition coefficient (Wildman–Crippen LogP) is 4.44. The van der Waals surface area contributed by atoms with Gasteiger partial charge in [0.15, 0.2) is 0 Å². The van der Waals surface area contributed by atoms with Gasteiger partial charge < -0.3 is 5.32 Å². The fourth-order valence-corrected chi connectivity index (χ4v) is 3.60. The predicted molar refractivity (Wildman–Crippen MR) is 79.1 cm³/mol. The fraction of sp³-hybridized carbons (Fsp3) is 0.625. The first-order valence-electron chi connectivity index (χ1n) is 7.29. The Balaban J connectivity index is 2.16. The molecule has 3 heteroatoms. The molecule has 0 spiro atoms. The van der Waals surface area contributed by atoms with E-state index in [-0.39, 0.29) is 5.82 Å². The first kappa shape index (κ1) is 14.8. The molecule has 0 aliphatic heterocycles. The Hall–Kier alpha value is -0.600. The summed E-state index contributed by atoms with van der Waals surface area (Å²) in [6.07, 6.45) is 4.51. The van der Waals surface area contributed by atoms with Gasteiger partial charge in [-0.1, -0.05) is 44.4 Å². The Labute approximate surface area is 120 Å². The Morgan fingerprint density at radius 1 is 1.42 bits per heavy atom. The summed E-state index contributed by atoms with van der Waals surface area (Å²) in [4.78, 5) is 0. The van der Waals surface area contributed by atoms with Crippen molar-refractivity contribution in [2.24, 2.45) is 11.8 Å². The molecule has 0 aromatic heterocycles. The maximum Gasteiger partial charge on any atom is 0.127 e. The van der Waals surface area contributed by atoms with E-state index in [1.54, 1.807) is 12.1 Å². The van der Waals surface area contributed by atoms with Crippen LogP contribution in [0.15, 0.2) is 18.2 Å². The van der Waals surface area contributed by atoms with Crippen LogP contribution in [-0.2, 0) is 6.42 Å². The molecule has 2 rings (SSSR count). The van der Waals surface area contributed by atoms with Crippen LogP contribution in [-0.4, -0.2) is 12.6 Å².